The van der Waals surface area contributed by atoms with Gasteiger partial charge in [0.1, 0.15) is 0 Å². The van der Waals surface area contributed by atoms with E-state index in [2.05, 4.69) is 88.4 Å². The summed E-state index contributed by atoms with van der Waals surface area (Å²) in [6.45, 7) is 8.99. The quantitative estimate of drug-likeness (QED) is 0.469. The second-order valence-electron chi connectivity index (χ2n) is 7.89. The molecule has 0 aliphatic carbocycles. The molecule has 0 saturated heterocycles. The Morgan fingerprint density at radius 3 is 1.23 bits per heavy atom. The van der Waals surface area contributed by atoms with Gasteiger partial charge in [-0.2, -0.15) is 12.1 Å². The minimum Gasteiger partial charge on any atom is -0.654 e. The summed E-state index contributed by atoms with van der Waals surface area (Å²) in [4.78, 5) is 0. The van der Waals surface area contributed by atoms with Crippen molar-refractivity contribution in [3.8, 4) is 0 Å². The van der Waals surface area contributed by atoms with Crippen molar-refractivity contribution in [2.24, 2.45) is 0 Å². The van der Waals surface area contributed by atoms with Gasteiger partial charge in [0.15, 0.2) is 0 Å². The maximum absolute atomic E-state index is 5.29. The number of benzene rings is 2. The number of hydrogen-bond donors (Lipinski definition) is 0. The summed E-state index contributed by atoms with van der Waals surface area (Å²) in [5.74, 6) is 0. The Morgan fingerprint density at radius 2 is 0.933 bits per heavy atom. The fourth-order valence-corrected chi connectivity index (χ4v) is 3.77. The summed E-state index contributed by atoms with van der Waals surface area (Å²) in [6.07, 6.45) is 7.11. The predicted octanol–water partition coefficient (Wildman–Crippen LogP) is 2.38. The Balaban J connectivity index is 0.00000420. The van der Waals surface area contributed by atoms with Gasteiger partial charge in [-0.25, -0.2) is 0 Å². The minimum absolute atomic E-state index is 0. The van der Waals surface area contributed by atoms with Crippen LogP contribution in [-0.4, -0.2) is 12.1 Å². The SMILES string of the molecule is CCCC[C@@H]([N-][C@@H](C)c1ccccc1)[C@@H](CCCC)[N-][C@@H](C)c1ccccc1.[Li+].[Li+]. The largest absolute Gasteiger partial charge is 1.00 e. The van der Waals surface area contributed by atoms with Crippen LogP contribution in [0.4, 0.5) is 0 Å². The summed E-state index contributed by atoms with van der Waals surface area (Å²) >= 11 is 0. The first-order valence-electron chi connectivity index (χ1n) is 11.2. The van der Waals surface area contributed by atoms with E-state index in [0.717, 1.165) is 12.8 Å². The Kier molecular flexibility index (Phi) is 16.9. The minimum atomic E-state index is 0. The number of unbranched alkanes of at least 4 members (excludes halogenated alkanes) is 2. The molecule has 0 N–H and O–H groups in total. The fraction of sp³-hybridized carbons (Fsp3) is 0.538. The third-order valence-electron chi connectivity index (χ3n) is 5.55. The first-order valence-corrected chi connectivity index (χ1v) is 11.2. The van der Waals surface area contributed by atoms with E-state index in [0.29, 0.717) is 12.1 Å². The Labute approximate surface area is 209 Å². The number of nitrogens with zero attached hydrogens (tertiary/aromatic N) is 2. The first kappa shape index (κ1) is 29.6. The third-order valence-corrected chi connectivity index (χ3v) is 5.55. The molecule has 0 unspecified atom stereocenters. The molecule has 2 aromatic rings. The summed E-state index contributed by atoms with van der Waals surface area (Å²) in [5, 5.41) is 10.6. The van der Waals surface area contributed by atoms with Gasteiger partial charge < -0.3 is 10.6 Å². The Hall–Kier alpha value is -0.445. The zero-order valence-electron chi connectivity index (χ0n) is 20.2. The molecule has 30 heavy (non-hydrogen) atoms. The molecule has 4 heteroatoms. The van der Waals surface area contributed by atoms with E-state index in [-0.39, 0.29) is 49.8 Å². The molecule has 0 fully saturated rings. The maximum Gasteiger partial charge on any atom is 1.00 e. The van der Waals surface area contributed by atoms with Crippen LogP contribution in [0, 0.1) is 0 Å². The molecule has 0 aliphatic heterocycles. The average molecular weight is 392 g/mol. The van der Waals surface area contributed by atoms with Gasteiger partial charge in [0.25, 0.3) is 0 Å². The molecule has 154 valence electrons. The van der Waals surface area contributed by atoms with Crippen LogP contribution in [0.25, 0.3) is 10.6 Å². The van der Waals surface area contributed by atoms with Crippen LogP contribution < -0.4 is 37.7 Å². The summed E-state index contributed by atoms with van der Waals surface area (Å²) < 4.78 is 0. The molecular weight excluding hydrogens is 354 g/mol. The number of rotatable bonds is 13. The van der Waals surface area contributed by atoms with Crippen LogP contribution in [0.15, 0.2) is 60.7 Å². The van der Waals surface area contributed by atoms with Crippen molar-refractivity contribution >= 4 is 0 Å². The second kappa shape index (κ2) is 17.2. The number of hydrogen-bond acceptors (Lipinski definition) is 0. The van der Waals surface area contributed by atoms with Crippen molar-refractivity contribution in [3.63, 3.8) is 0 Å². The molecule has 2 aromatic carbocycles. The van der Waals surface area contributed by atoms with Gasteiger partial charge in [-0.05, 0) is 0 Å². The van der Waals surface area contributed by atoms with Gasteiger partial charge in [-0.15, -0.1) is 12.1 Å². The van der Waals surface area contributed by atoms with Crippen LogP contribution >= 0.6 is 0 Å². The van der Waals surface area contributed by atoms with Crippen molar-refractivity contribution in [1.82, 2.24) is 0 Å². The van der Waals surface area contributed by atoms with Crippen molar-refractivity contribution in [3.05, 3.63) is 82.4 Å². The van der Waals surface area contributed by atoms with Crippen LogP contribution in [-0.2, 0) is 0 Å². The summed E-state index contributed by atoms with van der Waals surface area (Å²) in [6, 6.07) is 22.4. The van der Waals surface area contributed by atoms with Crippen LogP contribution in [0.3, 0.4) is 0 Å². The zero-order valence-corrected chi connectivity index (χ0v) is 20.2. The Bertz CT molecular complexity index is 578. The topological polar surface area (TPSA) is 28.2 Å². The molecule has 2 rings (SSSR count). The van der Waals surface area contributed by atoms with E-state index in [1.54, 1.807) is 0 Å². The fourth-order valence-electron chi connectivity index (χ4n) is 3.77. The molecule has 0 spiro atoms. The van der Waals surface area contributed by atoms with Gasteiger partial charge in [-0.1, -0.05) is 138 Å². The normalized spacial score (nSPS) is 14.7. The van der Waals surface area contributed by atoms with Crippen molar-refractivity contribution in [2.75, 3.05) is 0 Å². The second-order valence-corrected chi connectivity index (χ2v) is 7.89. The standard InChI is InChI=1S/C26H38N2.2Li/c1-5-7-19-25(27-21(3)23-15-11-9-12-16-23)26(20-8-6-2)28-22(4)24-17-13-10-14-18-24;;/h9-18,21-22,25-26H,5-8,19-20H2,1-4H3;;/q-2;2*+1/t21-,22-,25+,26+;;/m0../s1. The smallest absolute Gasteiger partial charge is 0.654 e. The van der Waals surface area contributed by atoms with Crippen LogP contribution in [0.1, 0.15) is 89.4 Å². The molecule has 0 heterocycles. The molecule has 0 aliphatic rings. The van der Waals surface area contributed by atoms with Gasteiger partial charge in [0.2, 0.25) is 0 Å². The molecule has 2 nitrogen and oxygen atoms in total. The van der Waals surface area contributed by atoms with Crippen molar-refractivity contribution in [1.29, 1.82) is 0 Å². The molecule has 0 aromatic heterocycles. The van der Waals surface area contributed by atoms with Crippen LogP contribution in [0.5, 0.6) is 0 Å². The first-order chi connectivity index (χ1) is 13.7. The van der Waals surface area contributed by atoms with E-state index in [9.17, 15) is 0 Å². The summed E-state index contributed by atoms with van der Waals surface area (Å²) in [5.41, 5.74) is 2.60. The molecule has 0 saturated carbocycles. The van der Waals surface area contributed by atoms with E-state index in [1.807, 2.05) is 0 Å². The monoisotopic (exact) mass is 392 g/mol. The third kappa shape index (κ3) is 10.2. The molecule has 0 amide bonds. The van der Waals surface area contributed by atoms with Gasteiger partial charge in [0.05, 0.1) is 0 Å². The van der Waals surface area contributed by atoms with Crippen LogP contribution in [0.2, 0.25) is 0 Å². The van der Waals surface area contributed by atoms with E-state index in [4.69, 9.17) is 10.6 Å². The Morgan fingerprint density at radius 1 is 0.600 bits per heavy atom. The predicted molar refractivity (Wildman–Crippen MR) is 123 cm³/mol. The van der Waals surface area contributed by atoms with Crippen molar-refractivity contribution < 1.29 is 37.7 Å². The van der Waals surface area contributed by atoms with Gasteiger partial charge in [-0.3, -0.25) is 0 Å². The van der Waals surface area contributed by atoms with E-state index < -0.39 is 0 Å². The average Bonchev–Trinajstić information content (AvgIpc) is 2.75. The summed E-state index contributed by atoms with van der Waals surface area (Å²) in [7, 11) is 0. The van der Waals surface area contributed by atoms with E-state index in [1.165, 1.54) is 36.8 Å². The maximum atomic E-state index is 5.29. The van der Waals surface area contributed by atoms with Gasteiger partial charge >= 0.3 is 37.7 Å². The van der Waals surface area contributed by atoms with Crippen molar-refractivity contribution in [2.45, 2.75) is 90.4 Å². The zero-order chi connectivity index (χ0) is 20.2. The van der Waals surface area contributed by atoms with E-state index >= 15 is 0 Å². The molecular formula is C26H38Li2N2. The molecule has 0 radical (unpaired) electrons. The molecule has 4 atom stereocenters. The molecule has 0 bridgehead atoms. The van der Waals surface area contributed by atoms with Gasteiger partial charge in [0, 0.05) is 0 Å².